The summed E-state index contributed by atoms with van der Waals surface area (Å²) >= 11 is 8.70. The molecule has 0 aliphatic carbocycles. The quantitative estimate of drug-likeness (QED) is 0.479. The summed E-state index contributed by atoms with van der Waals surface area (Å²) in [5.41, 5.74) is -3.05. The van der Waals surface area contributed by atoms with Gasteiger partial charge in [0.05, 0.1) is 6.61 Å². The number of hydrogen-bond acceptors (Lipinski definition) is 4. The van der Waals surface area contributed by atoms with Gasteiger partial charge in [-0.25, -0.2) is 0 Å². The van der Waals surface area contributed by atoms with Crippen LogP contribution in [0.5, 0.6) is 0 Å². The van der Waals surface area contributed by atoms with Crippen LogP contribution in [-0.2, 0) is 28.6 Å². The molecule has 0 aromatic heterocycles. The smallest absolute Gasteiger partial charge is 0.0500 e. The molecule has 56 valence electrons. The van der Waals surface area contributed by atoms with Gasteiger partial charge in [-0.15, -0.1) is 17.5 Å². The summed E-state index contributed by atoms with van der Waals surface area (Å²) in [5.74, 6) is 0.337. The van der Waals surface area contributed by atoms with E-state index in [0.717, 1.165) is 0 Å². The molecular weight excluding hydrogens is 175 g/mol. The van der Waals surface area contributed by atoms with Crippen LogP contribution in [0, 0.1) is 5.92 Å². The van der Waals surface area contributed by atoms with Crippen molar-refractivity contribution in [2.24, 2.45) is 5.92 Å². The Hall–Kier alpha value is 0.920. The molecule has 0 aromatic rings. The number of rotatable bonds is 3. The summed E-state index contributed by atoms with van der Waals surface area (Å²) in [6, 6.07) is 0. The van der Waals surface area contributed by atoms with Crippen LogP contribution in [0.1, 0.15) is 13.8 Å². The molecule has 0 saturated carbocycles. The van der Waals surface area contributed by atoms with Gasteiger partial charge in [-0.3, -0.25) is 0 Å². The normalized spacial score (nSPS) is 17.9. The van der Waals surface area contributed by atoms with Crippen molar-refractivity contribution in [1.29, 1.82) is 0 Å². The zero-order valence-electron chi connectivity index (χ0n) is 5.36. The molecule has 0 aliphatic rings. The molecule has 0 heterocycles. The molecule has 0 N–H and O–H groups in total. The molecular formula is C4H9O2PS2-2. The zero-order chi connectivity index (χ0) is 7.49. The van der Waals surface area contributed by atoms with Crippen LogP contribution in [0.2, 0.25) is 0 Å². The minimum absolute atomic E-state index is 0.337. The van der Waals surface area contributed by atoms with E-state index in [1.54, 1.807) is 0 Å². The Labute approximate surface area is 65.9 Å². The van der Waals surface area contributed by atoms with Crippen LogP contribution in [0.15, 0.2) is 0 Å². The topological polar surface area (TPSA) is 32.3 Å². The highest BCUT2D eigenvalue weighted by atomic mass is 32.9. The fourth-order valence-electron chi connectivity index (χ4n) is 0.240. The van der Waals surface area contributed by atoms with Gasteiger partial charge in [-0.2, -0.15) is 0 Å². The van der Waals surface area contributed by atoms with Gasteiger partial charge < -0.3 is 21.7 Å². The maximum Gasteiger partial charge on any atom is 0.0500 e. The summed E-state index contributed by atoms with van der Waals surface area (Å²) in [4.78, 5) is 10.5. The molecule has 0 saturated heterocycles. The summed E-state index contributed by atoms with van der Waals surface area (Å²) in [7, 11) is 0. The third kappa shape index (κ3) is 8.92. The standard InChI is InChI=1S/C4H11O2PS2/c1-4(2)3-6-7(5,8)9/h4H,3H2,1-2H3,(H2,5,8,9)/p-2. The SMILES string of the molecule is CC(C)COP([O-])(=S)[S-]. The molecule has 0 spiro atoms. The Balaban J connectivity index is 3.40. The van der Waals surface area contributed by atoms with Crippen LogP contribution in [-0.4, -0.2) is 6.61 Å². The molecule has 0 radical (unpaired) electrons. The monoisotopic (exact) mass is 184 g/mol. The lowest BCUT2D eigenvalue weighted by Crippen LogP contribution is -2.05. The Morgan fingerprint density at radius 1 is 1.78 bits per heavy atom. The molecule has 0 amide bonds. The maximum atomic E-state index is 10.5. The lowest BCUT2D eigenvalue weighted by atomic mass is 10.2. The van der Waals surface area contributed by atoms with Crippen molar-refractivity contribution >= 4 is 29.7 Å². The van der Waals surface area contributed by atoms with Crippen molar-refractivity contribution in [3.05, 3.63) is 0 Å². The first kappa shape index (κ1) is 9.92. The summed E-state index contributed by atoms with van der Waals surface area (Å²) < 4.78 is 4.68. The molecule has 1 atom stereocenters. The second kappa shape index (κ2) is 3.94. The van der Waals surface area contributed by atoms with Crippen molar-refractivity contribution < 1.29 is 9.42 Å². The van der Waals surface area contributed by atoms with Gasteiger partial charge in [0.15, 0.2) is 0 Å². The summed E-state index contributed by atoms with van der Waals surface area (Å²) in [5, 5.41) is 0. The van der Waals surface area contributed by atoms with E-state index < -0.39 is 5.69 Å². The van der Waals surface area contributed by atoms with Crippen molar-refractivity contribution in [3.8, 4) is 0 Å². The molecule has 0 aliphatic heterocycles. The van der Waals surface area contributed by atoms with Gasteiger partial charge in [0.2, 0.25) is 0 Å². The van der Waals surface area contributed by atoms with Crippen LogP contribution in [0.4, 0.5) is 0 Å². The first-order valence-corrected chi connectivity index (χ1v) is 6.23. The molecule has 0 aromatic carbocycles. The Kier molecular flexibility index (Phi) is 4.34. The van der Waals surface area contributed by atoms with Crippen LogP contribution < -0.4 is 4.89 Å². The van der Waals surface area contributed by atoms with Gasteiger partial charge in [0, 0.05) is 0 Å². The zero-order valence-corrected chi connectivity index (χ0v) is 7.89. The fourth-order valence-corrected chi connectivity index (χ4v) is 1.09. The van der Waals surface area contributed by atoms with Crippen LogP contribution in [0.3, 0.4) is 0 Å². The first-order chi connectivity index (χ1) is 3.92. The lowest BCUT2D eigenvalue weighted by molar-refractivity contribution is -0.175. The summed E-state index contributed by atoms with van der Waals surface area (Å²) in [6.45, 7) is 4.28. The van der Waals surface area contributed by atoms with Crippen molar-refractivity contribution in [2.45, 2.75) is 13.8 Å². The Morgan fingerprint density at radius 2 is 2.22 bits per heavy atom. The predicted octanol–water partition coefficient (Wildman–Crippen LogP) is 0.791. The van der Waals surface area contributed by atoms with Gasteiger partial charge in [0.25, 0.3) is 0 Å². The average Bonchev–Trinajstić information content (AvgIpc) is 1.59. The Morgan fingerprint density at radius 3 is 2.33 bits per heavy atom. The van der Waals surface area contributed by atoms with E-state index in [-0.39, 0.29) is 0 Å². The van der Waals surface area contributed by atoms with E-state index in [0.29, 0.717) is 12.5 Å². The number of hydrogen-bond donors (Lipinski definition) is 0. The van der Waals surface area contributed by atoms with E-state index in [4.69, 9.17) is 0 Å². The van der Waals surface area contributed by atoms with Crippen LogP contribution >= 0.6 is 5.69 Å². The second-order valence-corrected chi connectivity index (χ2v) is 6.87. The van der Waals surface area contributed by atoms with E-state index in [1.165, 1.54) is 0 Å². The third-order valence-electron chi connectivity index (χ3n) is 0.566. The third-order valence-corrected chi connectivity index (χ3v) is 1.66. The largest absolute Gasteiger partial charge is 0.819 e. The Bertz CT molecular complexity index is 120. The van der Waals surface area contributed by atoms with Crippen LogP contribution in [0.25, 0.3) is 0 Å². The van der Waals surface area contributed by atoms with E-state index in [1.807, 2.05) is 13.8 Å². The molecule has 0 rings (SSSR count). The molecule has 0 bridgehead atoms. The molecule has 2 nitrogen and oxygen atoms in total. The molecule has 9 heavy (non-hydrogen) atoms. The van der Waals surface area contributed by atoms with Crippen molar-refractivity contribution in [3.63, 3.8) is 0 Å². The highest BCUT2D eigenvalue weighted by molar-refractivity contribution is 8.50. The van der Waals surface area contributed by atoms with Crippen molar-refractivity contribution in [2.75, 3.05) is 6.61 Å². The van der Waals surface area contributed by atoms with Crippen molar-refractivity contribution in [1.82, 2.24) is 0 Å². The van der Waals surface area contributed by atoms with Gasteiger partial charge in [0.1, 0.15) is 0 Å². The van der Waals surface area contributed by atoms with E-state index in [9.17, 15) is 4.89 Å². The minimum atomic E-state index is -3.05. The minimum Gasteiger partial charge on any atom is -0.819 e. The second-order valence-electron chi connectivity index (χ2n) is 2.14. The molecule has 1 unspecified atom stereocenters. The van der Waals surface area contributed by atoms with Gasteiger partial charge in [-0.05, 0) is 5.92 Å². The van der Waals surface area contributed by atoms with E-state index in [2.05, 4.69) is 28.6 Å². The van der Waals surface area contributed by atoms with Gasteiger partial charge >= 0.3 is 0 Å². The first-order valence-electron chi connectivity index (χ1n) is 2.58. The molecule has 0 fully saturated rings. The van der Waals surface area contributed by atoms with E-state index >= 15 is 0 Å². The van der Waals surface area contributed by atoms with Gasteiger partial charge in [-0.1, -0.05) is 13.8 Å². The summed E-state index contributed by atoms with van der Waals surface area (Å²) in [6.07, 6.45) is 0. The lowest BCUT2D eigenvalue weighted by Gasteiger charge is -2.35. The molecule has 5 heteroatoms. The fraction of sp³-hybridized carbons (Fsp3) is 1.00. The highest BCUT2D eigenvalue weighted by Crippen LogP contribution is 2.33. The highest BCUT2D eigenvalue weighted by Gasteiger charge is 1.91. The average molecular weight is 184 g/mol. The predicted molar refractivity (Wildman–Crippen MR) is 42.4 cm³/mol. The maximum absolute atomic E-state index is 10.5.